The van der Waals surface area contributed by atoms with Crippen molar-refractivity contribution in [3.8, 4) is 0 Å². The van der Waals surface area contributed by atoms with E-state index in [1.807, 2.05) is 6.07 Å². The van der Waals surface area contributed by atoms with E-state index in [1.165, 1.54) is 6.07 Å². The van der Waals surface area contributed by atoms with Crippen LogP contribution in [0.5, 0.6) is 0 Å². The minimum Gasteiger partial charge on any atom is -0.372 e. The van der Waals surface area contributed by atoms with Gasteiger partial charge in [-0.15, -0.1) is 0 Å². The van der Waals surface area contributed by atoms with Crippen molar-refractivity contribution in [2.45, 2.75) is 0 Å². The predicted molar refractivity (Wildman–Crippen MR) is 82.5 cm³/mol. The van der Waals surface area contributed by atoms with E-state index in [-0.39, 0.29) is 17.1 Å². The molecule has 0 spiro atoms. The van der Waals surface area contributed by atoms with Gasteiger partial charge in [0.1, 0.15) is 12.0 Å². The molecule has 1 aromatic heterocycles. The Kier molecular flexibility index (Phi) is 4.49. The van der Waals surface area contributed by atoms with Crippen molar-refractivity contribution in [1.29, 1.82) is 0 Å². The third kappa shape index (κ3) is 3.54. The normalized spacial score (nSPS) is 10.0. The highest BCUT2D eigenvalue weighted by atomic mass is 79.9. The number of rotatable bonds is 4. The van der Waals surface area contributed by atoms with Gasteiger partial charge < -0.3 is 10.6 Å². The number of carbonyl (C=O) groups excluding carboxylic acids is 1. The van der Waals surface area contributed by atoms with Gasteiger partial charge in [0.2, 0.25) is 0 Å². The van der Waals surface area contributed by atoms with Gasteiger partial charge in [-0.3, -0.25) is 14.9 Å². The molecule has 0 bridgehead atoms. The van der Waals surface area contributed by atoms with Crippen LogP contribution in [0, 0.1) is 10.1 Å². The first-order valence-electron chi connectivity index (χ1n) is 5.90. The van der Waals surface area contributed by atoms with Gasteiger partial charge >= 0.3 is 0 Å². The van der Waals surface area contributed by atoms with Crippen molar-refractivity contribution in [2.75, 3.05) is 17.7 Å². The Morgan fingerprint density at radius 2 is 2.14 bits per heavy atom. The maximum Gasteiger partial charge on any atom is 0.288 e. The second-order valence-electron chi connectivity index (χ2n) is 4.06. The van der Waals surface area contributed by atoms with Crippen LogP contribution in [0.3, 0.4) is 0 Å². The summed E-state index contributed by atoms with van der Waals surface area (Å²) in [4.78, 5) is 26.3. The molecule has 2 aromatic rings. The number of anilines is 2. The zero-order chi connectivity index (χ0) is 15.4. The van der Waals surface area contributed by atoms with Crippen molar-refractivity contribution in [3.63, 3.8) is 0 Å². The van der Waals surface area contributed by atoms with Crippen molar-refractivity contribution >= 4 is 39.0 Å². The number of benzene rings is 1. The average Bonchev–Trinajstić information content (AvgIpc) is 2.46. The molecule has 1 heterocycles. The van der Waals surface area contributed by atoms with Gasteiger partial charge in [0.25, 0.3) is 11.6 Å². The number of halogens is 1. The fourth-order valence-corrected chi connectivity index (χ4v) is 2.09. The summed E-state index contributed by atoms with van der Waals surface area (Å²) in [5.74, 6) is -0.207. The number of hydrogen-bond donors (Lipinski definition) is 2. The van der Waals surface area contributed by atoms with Crippen molar-refractivity contribution in [2.24, 2.45) is 0 Å². The zero-order valence-electron chi connectivity index (χ0n) is 11.0. The average molecular weight is 351 g/mol. The Bertz CT molecular complexity index is 706. The molecule has 1 amide bonds. The molecule has 21 heavy (non-hydrogen) atoms. The van der Waals surface area contributed by atoms with Gasteiger partial charge in [0.05, 0.1) is 10.5 Å². The van der Waals surface area contributed by atoms with Crippen molar-refractivity contribution < 1.29 is 9.72 Å². The first-order chi connectivity index (χ1) is 10.0. The molecule has 1 aromatic carbocycles. The molecule has 0 aliphatic carbocycles. The summed E-state index contributed by atoms with van der Waals surface area (Å²) in [5.41, 5.74) is 0.433. The highest BCUT2D eigenvalue weighted by molar-refractivity contribution is 9.10. The summed E-state index contributed by atoms with van der Waals surface area (Å²) < 4.78 is 0.811. The predicted octanol–water partition coefficient (Wildman–Crippen LogP) is 3.05. The molecule has 0 saturated heterocycles. The van der Waals surface area contributed by atoms with E-state index in [0.717, 1.165) is 10.7 Å². The molecule has 0 aliphatic heterocycles. The summed E-state index contributed by atoms with van der Waals surface area (Å²) >= 11 is 3.30. The standard InChI is InChI=1S/C13H11BrN4O3/c1-15-12-11(6-10(7-16-12)18(20)21)13(19)17-9-4-2-3-8(14)5-9/h2-7H,1H3,(H,15,16)(H,17,19). The molecule has 0 atom stereocenters. The number of nitrogens with one attached hydrogen (secondary N) is 2. The highest BCUT2D eigenvalue weighted by Crippen LogP contribution is 2.21. The Morgan fingerprint density at radius 1 is 1.38 bits per heavy atom. The summed E-state index contributed by atoms with van der Waals surface area (Å²) in [6.45, 7) is 0. The molecule has 0 fully saturated rings. The number of amides is 1. The fourth-order valence-electron chi connectivity index (χ4n) is 1.69. The SMILES string of the molecule is CNc1ncc([N+](=O)[O-])cc1C(=O)Nc1cccc(Br)c1. The lowest BCUT2D eigenvalue weighted by Gasteiger charge is -2.09. The van der Waals surface area contributed by atoms with Gasteiger partial charge in [-0.1, -0.05) is 22.0 Å². The first kappa shape index (κ1) is 14.9. The van der Waals surface area contributed by atoms with Crippen LogP contribution in [0.15, 0.2) is 41.0 Å². The first-order valence-corrected chi connectivity index (χ1v) is 6.69. The highest BCUT2D eigenvalue weighted by Gasteiger charge is 2.17. The molecule has 2 rings (SSSR count). The summed E-state index contributed by atoms with van der Waals surface area (Å²) in [6.07, 6.45) is 1.10. The number of carbonyl (C=O) groups is 1. The molecule has 0 radical (unpaired) electrons. The molecule has 0 unspecified atom stereocenters. The quantitative estimate of drug-likeness (QED) is 0.652. The Balaban J connectivity index is 2.33. The third-order valence-electron chi connectivity index (χ3n) is 2.65. The number of nitro groups is 1. The maximum atomic E-state index is 12.3. The van der Waals surface area contributed by atoms with E-state index < -0.39 is 10.8 Å². The van der Waals surface area contributed by atoms with E-state index in [9.17, 15) is 14.9 Å². The molecule has 7 nitrogen and oxygen atoms in total. The van der Waals surface area contributed by atoms with E-state index in [4.69, 9.17) is 0 Å². The van der Waals surface area contributed by atoms with Crippen LogP contribution in [0.4, 0.5) is 17.2 Å². The summed E-state index contributed by atoms with van der Waals surface area (Å²) in [6, 6.07) is 8.22. The molecular formula is C13H11BrN4O3. The van der Waals surface area contributed by atoms with E-state index in [2.05, 4.69) is 31.5 Å². The minimum absolute atomic E-state index is 0.103. The molecule has 8 heteroatoms. The molecule has 0 aliphatic rings. The van der Waals surface area contributed by atoms with Gasteiger partial charge in [-0.05, 0) is 18.2 Å². The second kappa shape index (κ2) is 6.31. The lowest BCUT2D eigenvalue weighted by atomic mass is 10.2. The van der Waals surface area contributed by atoms with Crippen LogP contribution in [0.2, 0.25) is 0 Å². The fraction of sp³-hybridized carbons (Fsp3) is 0.0769. The molecule has 2 N–H and O–H groups in total. The van der Waals surface area contributed by atoms with E-state index in [1.54, 1.807) is 25.2 Å². The molecule has 108 valence electrons. The Morgan fingerprint density at radius 3 is 2.76 bits per heavy atom. The van der Waals surface area contributed by atoms with Crippen LogP contribution < -0.4 is 10.6 Å². The van der Waals surface area contributed by atoms with E-state index >= 15 is 0 Å². The maximum absolute atomic E-state index is 12.3. The number of aromatic nitrogens is 1. The zero-order valence-corrected chi connectivity index (χ0v) is 12.5. The lowest BCUT2D eigenvalue weighted by Crippen LogP contribution is -2.15. The van der Waals surface area contributed by atoms with Gasteiger partial charge in [-0.25, -0.2) is 4.98 Å². The van der Waals surface area contributed by atoms with Gasteiger partial charge in [-0.2, -0.15) is 0 Å². The topological polar surface area (TPSA) is 97.2 Å². The monoisotopic (exact) mass is 350 g/mol. The smallest absolute Gasteiger partial charge is 0.288 e. The number of nitrogens with zero attached hydrogens (tertiary/aromatic N) is 2. The number of hydrogen-bond acceptors (Lipinski definition) is 5. The van der Waals surface area contributed by atoms with Gasteiger partial charge in [0.15, 0.2) is 0 Å². The van der Waals surface area contributed by atoms with Crippen LogP contribution in [-0.4, -0.2) is 22.9 Å². The van der Waals surface area contributed by atoms with Gasteiger partial charge in [0, 0.05) is 23.3 Å². The Labute approximate surface area is 128 Å². The summed E-state index contributed by atoms with van der Waals surface area (Å²) in [7, 11) is 1.59. The molecular weight excluding hydrogens is 340 g/mol. The summed E-state index contributed by atoms with van der Waals surface area (Å²) in [5, 5.41) is 16.2. The van der Waals surface area contributed by atoms with Crippen molar-refractivity contribution in [1.82, 2.24) is 4.98 Å². The van der Waals surface area contributed by atoms with Crippen LogP contribution in [0.1, 0.15) is 10.4 Å². The van der Waals surface area contributed by atoms with Crippen LogP contribution >= 0.6 is 15.9 Å². The lowest BCUT2D eigenvalue weighted by molar-refractivity contribution is -0.385. The largest absolute Gasteiger partial charge is 0.372 e. The number of pyridine rings is 1. The van der Waals surface area contributed by atoms with Crippen LogP contribution in [-0.2, 0) is 0 Å². The van der Waals surface area contributed by atoms with Crippen LogP contribution in [0.25, 0.3) is 0 Å². The third-order valence-corrected chi connectivity index (χ3v) is 3.14. The Hall–Kier alpha value is -2.48. The minimum atomic E-state index is -0.595. The van der Waals surface area contributed by atoms with Crippen molar-refractivity contribution in [3.05, 3.63) is 56.7 Å². The van der Waals surface area contributed by atoms with E-state index in [0.29, 0.717) is 5.69 Å². The molecule has 0 saturated carbocycles. The second-order valence-corrected chi connectivity index (χ2v) is 4.98.